The summed E-state index contributed by atoms with van der Waals surface area (Å²) in [6.07, 6.45) is 4.92. The molecule has 0 unspecified atom stereocenters. The number of benzene rings is 1. The summed E-state index contributed by atoms with van der Waals surface area (Å²) in [7, 11) is 0. The fourth-order valence-electron chi connectivity index (χ4n) is 3.76. The second kappa shape index (κ2) is 8.09. The zero-order valence-electron chi connectivity index (χ0n) is 16.4. The van der Waals surface area contributed by atoms with Crippen LogP contribution in [0.2, 0.25) is 0 Å². The monoisotopic (exact) mass is 412 g/mol. The number of fused-ring (bicyclic) bond motifs is 1. The molecule has 0 spiro atoms. The van der Waals surface area contributed by atoms with Crippen molar-refractivity contribution in [3.8, 4) is 5.69 Å². The number of aryl methyl sites for hydroxylation is 3. The van der Waals surface area contributed by atoms with Crippen molar-refractivity contribution in [3.05, 3.63) is 57.9 Å². The largest absolute Gasteiger partial charge is 0.348 e. The number of thioether (sulfide) groups is 1. The summed E-state index contributed by atoms with van der Waals surface area (Å²) in [5.74, 6) is 0.444. The Balaban J connectivity index is 1.48. The van der Waals surface area contributed by atoms with Gasteiger partial charge in [0.05, 0.1) is 23.7 Å². The molecule has 0 saturated carbocycles. The molecule has 1 N–H and O–H groups in total. The van der Waals surface area contributed by atoms with Gasteiger partial charge < -0.3 is 5.32 Å². The normalized spacial score (nSPS) is 16.0. The lowest BCUT2D eigenvalue weighted by Gasteiger charge is -2.24. The fourth-order valence-corrected chi connectivity index (χ4v) is 5.42. The summed E-state index contributed by atoms with van der Waals surface area (Å²) in [6.45, 7) is 6.19. The predicted octanol–water partition coefficient (Wildman–Crippen LogP) is 4.54. The van der Waals surface area contributed by atoms with E-state index in [1.54, 1.807) is 11.3 Å². The molecule has 0 saturated heterocycles. The standard InChI is InChI=1S/C21H24N4OS2/c1-13-7-14(2)9-16(8-13)25-19-6-4-5-18(17(19)10-22-25)24-20(26)12-28-21-23-15(3)11-27-21/h7-11,18H,4-6,12H2,1-3H3,(H,24,26)/t18-/m0/s1. The number of hydrogen-bond acceptors (Lipinski definition) is 5. The van der Waals surface area contributed by atoms with Crippen molar-refractivity contribution in [3.63, 3.8) is 0 Å². The van der Waals surface area contributed by atoms with Crippen LogP contribution in [-0.4, -0.2) is 26.4 Å². The molecular weight excluding hydrogens is 388 g/mol. The van der Waals surface area contributed by atoms with Crippen molar-refractivity contribution in [2.75, 3.05) is 5.75 Å². The van der Waals surface area contributed by atoms with Crippen LogP contribution in [0.4, 0.5) is 0 Å². The Kier molecular flexibility index (Phi) is 5.55. The van der Waals surface area contributed by atoms with E-state index in [0.717, 1.165) is 40.5 Å². The number of nitrogens with zero attached hydrogens (tertiary/aromatic N) is 3. The highest BCUT2D eigenvalue weighted by Crippen LogP contribution is 2.32. The molecule has 4 rings (SSSR count). The van der Waals surface area contributed by atoms with E-state index in [4.69, 9.17) is 0 Å². The maximum Gasteiger partial charge on any atom is 0.230 e. The highest BCUT2D eigenvalue weighted by atomic mass is 32.2. The molecule has 1 aromatic carbocycles. The molecule has 7 heteroatoms. The van der Waals surface area contributed by atoms with Gasteiger partial charge in [0.15, 0.2) is 4.34 Å². The Morgan fingerprint density at radius 3 is 2.79 bits per heavy atom. The Labute approximate surface area is 173 Å². The van der Waals surface area contributed by atoms with Crippen molar-refractivity contribution in [1.29, 1.82) is 0 Å². The van der Waals surface area contributed by atoms with Crippen molar-refractivity contribution in [2.24, 2.45) is 0 Å². The zero-order valence-corrected chi connectivity index (χ0v) is 18.0. The second-order valence-corrected chi connectivity index (χ2v) is 9.44. The van der Waals surface area contributed by atoms with Crippen molar-refractivity contribution in [2.45, 2.75) is 50.4 Å². The third-order valence-electron chi connectivity index (χ3n) is 4.89. The average Bonchev–Trinajstić information content (AvgIpc) is 3.26. The molecule has 1 aliphatic carbocycles. The summed E-state index contributed by atoms with van der Waals surface area (Å²) in [5.41, 5.74) is 6.92. The average molecular weight is 413 g/mol. The van der Waals surface area contributed by atoms with Crippen LogP contribution in [0.25, 0.3) is 5.69 Å². The minimum atomic E-state index is 0.0366. The second-order valence-electron chi connectivity index (χ2n) is 7.36. The molecule has 5 nitrogen and oxygen atoms in total. The third kappa shape index (κ3) is 4.15. The van der Waals surface area contributed by atoms with Gasteiger partial charge in [0.2, 0.25) is 5.91 Å². The van der Waals surface area contributed by atoms with Gasteiger partial charge in [-0.1, -0.05) is 17.8 Å². The fraction of sp³-hybridized carbons (Fsp3) is 0.381. The van der Waals surface area contributed by atoms with Gasteiger partial charge >= 0.3 is 0 Å². The first kappa shape index (κ1) is 19.2. The molecule has 0 fully saturated rings. The van der Waals surface area contributed by atoms with Gasteiger partial charge in [0.25, 0.3) is 0 Å². The van der Waals surface area contributed by atoms with Crippen molar-refractivity contribution in [1.82, 2.24) is 20.1 Å². The van der Waals surface area contributed by atoms with Crippen LogP contribution in [-0.2, 0) is 11.2 Å². The van der Waals surface area contributed by atoms with E-state index in [1.165, 1.54) is 28.6 Å². The van der Waals surface area contributed by atoms with Gasteiger partial charge in [0, 0.05) is 22.3 Å². The van der Waals surface area contributed by atoms with Gasteiger partial charge in [-0.05, 0) is 63.3 Å². The van der Waals surface area contributed by atoms with Crippen LogP contribution >= 0.6 is 23.1 Å². The molecule has 1 amide bonds. The number of carbonyl (C=O) groups excluding carboxylic acids is 1. The first-order valence-electron chi connectivity index (χ1n) is 9.49. The summed E-state index contributed by atoms with van der Waals surface area (Å²) >= 11 is 3.09. The summed E-state index contributed by atoms with van der Waals surface area (Å²) in [4.78, 5) is 16.9. The molecule has 1 atom stereocenters. The van der Waals surface area contributed by atoms with Crippen LogP contribution in [0.3, 0.4) is 0 Å². The number of hydrogen-bond donors (Lipinski definition) is 1. The van der Waals surface area contributed by atoms with Crippen LogP contribution < -0.4 is 5.32 Å². The Morgan fingerprint density at radius 2 is 2.07 bits per heavy atom. The summed E-state index contributed by atoms with van der Waals surface area (Å²) in [5, 5.41) is 9.87. The lowest BCUT2D eigenvalue weighted by atomic mass is 9.93. The van der Waals surface area contributed by atoms with Crippen LogP contribution in [0.15, 0.2) is 34.1 Å². The van der Waals surface area contributed by atoms with Crippen LogP contribution in [0.1, 0.15) is 47.0 Å². The molecule has 0 bridgehead atoms. The molecule has 0 aliphatic heterocycles. The zero-order chi connectivity index (χ0) is 19.7. The highest BCUT2D eigenvalue weighted by Gasteiger charge is 2.26. The molecule has 1 aliphatic rings. The molecule has 28 heavy (non-hydrogen) atoms. The van der Waals surface area contributed by atoms with Crippen LogP contribution in [0, 0.1) is 20.8 Å². The molecule has 3 aromatic rings. The Bertz CT molecular complexity index is 988. The van der Waals surface area contributed by atoms with E-state index < -0.39 is 0 Å². The number of rotatable bonds is 5. The lowest BCUT2D eigenvalue weighted by Crippen LogP contribution is -2.32. The van der Waals surface area contributed by atoms with Gasteiger partial charge in [-0.25, -0.2) is 9.67 Å². The molecule has 146 valence electrons. The Morgan fingerprint density at radius 1 is 1.29 bits per heavy atom. The SMILES string of the molecule is Cc1cc(C)cc(-n2ncc3c2CCC[C@@H]3NC(=O)CSc2nc(C)cs2)c1. The van der Waals surface area contributed by atoms with Crippen molar-refractivity contribution < 1.29 is 4.79 Å². The summed E-state index contributed by atoms with van der Waals surface area (Å²) in [6, 6.07) is 6.53. The number of aromatic nitrogens is 3. The minimum absolute atomic E-state index is 0.0366. The molecular formula is C21H24N4OS2. The molecule has 2 aromatic heterocycles. The molecule has 0 radical (unpaired) electrons. The predicted molar refractivity (Wildman–Crippen MR) is 114 cm³/mol. The Hall–Kier alpha value is -2.12. The quantitative estimate of drug-likeness (QED) is 0.625. The maximum atomic E-state index is 12.5. The van der Waals surface area contributed by atoms with E-state index >= 15 is 0 Å². The summed E-state index contributed by atoms with van der Waals surface area (Å²) < 4.78 is 2.99. The smallest absolute Gasteiger partial charge is 0.230 e. The topological polar surface area (TPSA) is 59.8 Å². The van der Waals surface area contributed by atoms with E-state index in [2.05, 4.69) is 47.4 Å². The van der Waals surface area contributed by atoms with Gasteiger partial charge in [0.1, 0.15) is 0 Å². The van der Waals surface area contributed by atoms with Crippen LogP contribution in [0.5, 0.6) is 0 Å². The highest BCUT2D eigenvalue weighted by molar-refractivity contribution is 8.01. The van der Waals surface area contributed by atoms with Gasteiger partial charge in [-0.3, -0.25) is 4.79 Å². The lowest BCUT2D eigenvalue weighted by molar-refractivity contribution is -0.119. The van der Waals surface area contributed by atoms with Crippen molar-refractivity contribution >= 4 is 29.0 Å². The van der Waals surface area contributed by atoms with E-state index in [1.807, 2.05) is 23.2 Å². The van der Waals surface area contributed by atoms with Gasteiger partial charge in [-0.15, -0.1) is 11.3 Å². The number of amides is 1. The van der Waals surface area contributed by atoms with E-state index in [0.29, 0.717) is 5.75 Å². The number of carbonyl (C=O) groups is 1. The number of nitrogens with one attached hydrogen (secondary N) is 1. The van der Waals surface area contributed by atoms with Gasteiger partial charge in [-0.2, -0.15) is 5.10 Å². The minimum Gasteiger partial charge on any atom is -0.348 e. The first-order valence-corrected chi connectivity index (χ1v) is 11.4. The number of thiazole rings is 1. The molecule has 2 heterocycles. The maximum absolute atomic E-state index is 12.5. The first-order chi connectivity index (χ1) is 13.5. The van der Waals surface area contributed by atoms with E-state index in [9.17, 15) is 4.79 Å². The third-order valence-corrected chi connectivity index (χ3v) is 7.03. The van der Waals surface area contributed by atoms with E-state index in [-0.39, 0.29) is 11.9 Å².